The van der Waals surface area contributed by atoms with E-state index in [4.69, 9.17) is 4.74 Å². The molecule has 0 aromatic heterocycles. The van der Waals surface area contributed by atoms with Crippen molar-refractivity contribution in [3.05, 3.63) is 48.0 Å². The third kappa shape index (κ3) is 5.34. The first kappa shape index (κ1) is 23.6. The van der Waals surface area contributed by atoms with Crippen LogP contribution in [-0.4, -0.2) is 50.6 Å². The van der Waals surface area contributed by atoms with E-state index in [1.54, 1.807) is 29.2 Å². The lowest BCUT2D eigenvalue weighted by Crippen LogP contribution is -2.45. The number of rotatable bonds is 6. The van der Waals surface area contributed by atoms with Crippen LogP contribution >= 0.6 is 11.8 Å². The van der Waals surface area contributed by atoms with Gasteiger partial charge in [0.1, 0.15) is 5.75 Å². The molecule has 0 radical (unpaired) electrons. The number of carbonyl (C=O) groups is 2. The molecule has 2 aliphatic rings. The molecule has 176 valence electrons. The zero-order chi connectivity index (χ0) is 23.4. The van der Waals surface area contributed by atoms with E-state index in [9.17, 15) is 18.0 Å². The van der Waals surface area contributed by atoms with Crippen LogP contribution in [0.2, 0.25) is 0 Å². The van der Waals surface area contributed by atoms with E-state index in [2.05, 4.69) is 10.0 Å². The molecule has 2 aromatic rings. The van der Waals surface area contributed by atoms with Crippen LogP contribution < -0.4 is 14.8 Å². The fourth-order valence-corrected chi connectivity index (χ4v) is 6.07. The lowest BCUT2D eigenvalue weighted by Gasteiger charge is -2.28. The fraction of sp³-hybridized carbons (Fsp3) is 0.391. The van der Waals surface area contributed by atoms with Gasteiger partial charge in [-0.25, -0.2) is 13.1 Å². The Balaban J connectivity index is 1.48. The lowest BCUT2D eigenvalue weighted by molar-refractivity contribution is -0.133. The summed E-state index contributed by atoms with van der Waals surface area (Å²) in [6, 6.07) is 11.7. The van der Waals surface area contributed by atoms with Crippen molar-refractivity contribution in [2.75, 3.05) is 25.5 Å². The molecule has 10 heteroatoms. The van der Waals surface area contributed by atoms with Crippen molar-refractivity contribution in [1.29, 1.82) is 0 Å². The smallest absolute Gasteiger partial charge is 0.247 e. The average Bonchev–Trinajstić information content (AvgIpc) is 3.11. The van der Waals surface area contributed by atoms with E-state index in [1.807, 2.05) is 6.07 Å². The number of benzene rings is 2. The molecule has 1 fully saturated rings. The van der Waals surface area contributed by atoms with E-state index >= 15 is 0 Å². The molecule has 33 heavy (non-hydrogen) atoms. The predicted molar refractivity (Wildman–Crippen MR) is 127 cm³/mol. The number of hydrogen-bond acceptors (Lipinski definition) is 6. The van der Waals surface area contributed by atoms with E-state index < -0.39 is 21.2 Å². The second-order valence-corrected chi connectivity index (χ2v) is 10.9. The van der Waals surface area contributed by atoms with Gasteiger partial charge < -0.3 is 15.0 Å². The molecule has 1 unspecified atom stereocenters. The highest BCUT2D eigenvalue weighted by molar-refractivity contribution is 8.01. The highest BCUT2D eigenvalue weighted by Gasteiger charge is 2.36. The van der Waals surface area contributed by atoms with Crippen LogP contribution in [0.3, 0.4) is 0 Å². The van der Waals surface area contributed by atoms with Gasteiger partial charge in [0.25, 0.3) is 0 Å². The molecule has 1 atom stereocenters. The number of anilines is 1. The summed E-state index contributed by atoms with van der Waals surface area (Å²) in [4.78, 5) is 28.1. The molecule has 2 amide bonds. The Morgan fingerprint density at radius 2 is 1.88 bits per heavy atom. The van der Waals surface area contributed by atoms with Gasteiger partial charge in [0.05, 0.1) is 17.7 Å². The summed E-state index contributed by atoms with van der Waals surface area (Å²) in [7, 11) is -2.30. The van der Waals surface area contributed by atoms with Gasteiger partial charge in [0, 0.05) is 30.1 Å². The molecule has 8 nitrogen and oxygen atoms in total. The van der Waals surface area contributed by atoms with Crippen LogP contribution in [0.1, 0.15) is 31.2 Å². The van der Waals surface area contributed by atoms with Gasteiger partial charge in [-0.05, 0) is 37.1 Å². The second kappa shape index (κ2) is 10.1. The molecule has 0 saturated carbocycles. The van der Waals surface area contributed by atoms with E-state index in [1.165, 1.54) is 31.0 Å². The van der Waals surface area contributed by atoms with Crippen molar-refractivity contribution in [1.82, 2.24) is 9.62 Å². The zero-order valence-corrected chi connectivity index (χ0v) is 20.0. The summed E-state index contributed by atoms with van der Waals surface area (Å²) in [6.07, 6.45) is 4.09. The summed E-state index contributed by atoms with van der Waals surface area (Å²) in [5.74, 6) is -0.00655. The Labute approximate surface area is 198 Å². The number of para-hydroxylation sites is 1. The third-order valence-corrected chi connectivity index (χ3v) is 8.45. The number of thioether (sulfide) groups is 1. The number of nitrogens with one attached hydrogen (secondary N) is 2. The topological polar surface area (TPSA) is 105 Å². The summed E-state index contributed by atoms with van der Waals surface area (Å²) in [5, 5.41) is 1.87. The number of carbonyl (C=O) groups excluding carboxylic acids is 2. The first-order chi connectivity index (χ1) is 15.9. The minimum absolute atomic E-state index is 0.0364. The lowest BCUT2D eigenvalue weighted by atomic mass is 10.2. The normalized spacial score (nSPS) is 18.8. The van der Waals surface area contributed by atoms with Crippen LogP contribution in [-0.2, 0) is 26.2 Å². The number of sulfonamides is 1. The highest BCUT2D eigenvalue weighted by Crippen LogP contribution is 2.38. The summed E-state index contributed by atoms with van der Waals surface area (Å²) < 4.78 is 33.5. The molecule has 2 aliphatic heterocycles. The van der Waals surface area contributed by atoms with Crippen molar-refractivity contribution in [2.45, 2.75) is 47.3 Å². The molecule has 4 rings (SSSR count). The molecule has 0 spiro atoms. The van der Waals surface area contributed by atoms with Gasteiger partial charge in [-0.15, -0.1) is 11.8 Å². The monoisotopic (exact) mass is 489 g/mol. The first-order valence-electron chi connectivity index (χ1n) is 10.9. The Morgan fingerprint density at radius 3 is 2.61 bits per heavy atom. The van der Waals surface area contributed by atoms with Crippen molar-refractivity contribution in [2.24, 2.45) is 0 Å². The number of ether oxygens (including phenoxy) is 1. The van der Waals surface area contributed by atoms with Crippen LogP contribution in [0.4, 0.5) is 5.69 Å². The van der Waals surface area contributed by atoms with Gasteiger partial charge in [0.15, 0.2) is 5.25 Å². The highest BCUT2D eigenvalue weighted by atomic mass is 32.2. The maximum atomic E-state index is 13.0. The fourth-order valence-electron chi connectivity index (χ4n) is 3.98. The van der Waals surface area contributed by atoms with Gasteiger partial charge in [-0.1, -0.05) is 31.0 Å². The number of nitrogens with zero attached hydrogens (tertiary/aromatic N) is 1. The molecular formula is C23H27N3O5S2. The number of methoxy groups -OCH3 is 1. The van der Waals surface area contributed by atoms with E-state index in [0.717, 1.165) is 25.7 Å². The average molecular weight is 490 g/mol. The molecule has 0 aliphatic carbocycles. The van der Waals surface area contributed by atoms with Gasteiger partial charge in [-0.2, -0.15) is 0 Å². The molecule has 2 N–H and O–H groups in total. The SMILES string of the molecule is COc1ccccc1CNS(=O)(=O)c1ccc2c(c1)NC(=O)C(C(=O)N1CCCCCC1)S2. The Kier molecular flexibility index (Phi) is 7.26. The van der Waals surface area contributed by atoms with Crippen molar-refractivity contribution < 1.29 is 22.7 Å². The molecule has 0 bridgehead atoms. The van der Waals surface area contributed by atoms with Crippen LogP contribution in [0.15, 0.2) is 52.3 Å². The standard InChI is InChI=1S/C23H27N3O5S2/c1-31-19-9-5-4-8-16(19)15-24-33(29,30)17-10-11-20-18(14-17)25-22(27)21(32-20)23(28)26-12-6-2-3-7-13-26/h4-5,8-11,14,21,24H,2-3,6-7,12-13,15H2,1H3,(H,25,27). The number of amides is 2. The maximum Gasteiger partial charge on any atom is 0.247 e. The molecule has 1 saturated heterocycles. The maximum absolute atomic E-state index is 13.0. The molecular weight excluding hydrogens is 462 g/mol. The Morgan fingerprint density at radius 1 is 1.15 bits per heavy atom. The summed E-state index contributed by atoms with van der Waals surface area (Å²) in [6.45, 7) is 1.41. The molecule has 2 aromatic carbocycles. The van der Waals surface area contributed by atoms with Crippen LogP contribution in [0, 0.1) is 0 Å². The number of likely N-dealkylation sites (tertiary alicyclic amines) is 1. The van der Waals surface area contributed by atoms with E-state index in [0.29, 0.717) is 35.0 Å². The third-order valence-electron chi connectivity index (χ3n) is 5.79. The van der Waals surface area contributed by atoms with Crippen LogP contribution in [0.25, 0.3) is 0 Å². The van der Waals surface area contributed by atoms with Crippen molar-refractivity contribution in [3.8, 4) is 5.75 Å². The van der Waals surface area contributed by atoms with Crippen molar-refractivity contribution in [3.63, 3.8) is 0 Å². The van der Waals surface area contributed by atoms with Gasteiger partial charge in [0.2, 0.25) is 21.8 Å². The summed E-state index contributed by atoms with van der Waals surface area (Å²) in [5.41, 5.74) is 1.10. The van der Waals surface area contributed by atoms with Gasteiger partial charge >= 0.3 is 0 Å². The Bertz CT molecular complexity index is 1140. The minimum Gasteiger partial charge on any atom is -0.496 e. The van der Waals surface area contributed by atoms with E-state index in [-0.39, 0.29) is 17.3 Å². The first-order valence-corrected chi connectivity index (χ1v) is 13.3. The van der Waals surface area contributed by atoms with Crippen molar-refractivity contribution >= 4 is 39.3 Å². The second-order valence-electron chi connectivity index (χ2n) is 8.02. The quantitative estimate of drug-likeness (QED) is 0.605. The Hall–Kier alpha value is -2.56. The molecule has 2 heterocycles. The van der Waals surface area contributed by atoms with Crippen LogP contribution in [0.5, 0.6) is 5.75 Å². The largest absolute Gasteiger partial charge is 0.496 e. The number of fused-ring (bicyclic) bond motifs is 1. The summed E-state index contributed by atoms with van der Waals surface area (Å²) >= 11 is 1.17. The van der Waals surface area contributed by atoms with Gasteiger partial charge in [-0.3, -0.25) is 9.59 Å². The minimum atomic E-state index is -3.83. The number of hydrogen-bond donors (Lipinski definition) is 2. The predicted octanol–water partition coefficient (Wildman–Crippen LogP) is 2.99. The zero-order valence-electron chi connectivity index (χ0n) is 18.4.